The first-order valence-electron chi connectivity index (χ1n) is 20.6. The lowest BCUT2D eigenvalue weighted by molar-refractivity contribution is -0.316. The van der Waals surface area contributed by atoms with Crippen molar-refractivity contribution in [2.75, 3.05) is 7.11 Å². The molecular weight excluding hydrogens is 753 g/mol. The number of para-hydroxylation sites is 1. The minimum atomic E-state index is -4.49. The molecule has 2 aliphatic heterocycles. The van der Waals surface area contributed by atoms with Crippen molar-refractivity contribution in [3.8, 4) is 61.5 Å². The third kappa shape index (κ3) is 5.89. The number of hydrogen-bond donors (Lipinski definition) is 0. The quantitative estimate of drug-likeness (QED) is 0.147. The SMILES string of the molecule is COc1ccccc1C1=[N+]2C(=Cc3c4ccc(-c5ccc(-c6ccccc6)cc5)cc4c(-c4ccccc4C)n3[B-]2(F)F)c2ccc(-c3ccc(-c4ccccc4)cc3)cc21. The topological polar surface area (TPSA) is 17.2 Å². The summed E-state index contributed by atoms with van der Waals surface area (Å²) in [6, 6.07) is 65.1. The average molecular weight is 793 g/mol. The molecular formula is C55H39BF2N2O. The van der Waals surface area contributed by atoms with Crippen LogP contribution in [0.4, 0.5) is 8.63 Å². The molecule has 0 saturated carbocycles. The molecule has 0 aliphatic carbocycles. The van der Waals surface area contributed by atoms with Gasteiger partial charge in [0.1, 0.15) is 5.75 Å². The van der Waals surface area contributed by atoms with Crippen LogP contribution >= 0.6 is 0 Å². The molecule has 0 spiro atoms. The van der Waals surface area contributed by atoms with Gasteiger partial charge in [-0.15, -0.1) is 0 Å². The smallest absolute Gasteiger partial charge is 0.496 e. The standard InChI is InChI=1S/C55H39BF2N2O/c1-36-13-9-10-18-45(36)54-49-33-43(41-25-21-39(22-26-41)37-14-5-3-6-15-37)29-31-46(49)51-35-52-47-32-30-44(42-27-23-40(24-28-42)38-16-7-4-8-17-38)34-50(47)55(60(52)56(57,58)59(51)54)48-19-11-12-20-53(48)61-2/h3-35H,1-2H3. The number of rotatable bonds is 7. The molecule has 2 aliphatic rings. The fourth-order valence-corrected chi connectivity index (χ4v) is 9.43. The van der Waals surface area contributed by atoms with Gasteiger partial charge in [-0.3, -0.25) is 0 Å². The fraction of sp³-hybridized carbons (Fsp3) is 0.0364. The lowest BCUT2D eigenvalue weighted by atomic mass is 9.88. The van der Waals surface area contributed by atoms with Crippen molar-refractivity contribution in [3.63, 3.8) is 0 Å². The van der Waals surface area contributed by atoms with Crippen LogP contribution in [0.2, 0.25) is 0 Å². The van der Waals surface area contributed by atoms with Crippen LogP contribution in [0.25, 0.3) is 78.3 Å². The number of nitrogens with zero attached hydrogens (tertiary/aromatic N) is 2. The van der Waals surface area contributed by atoms with E-state index in [-0.39, 0.29) is 0 Å². The van der Waals surface area contributed by atoms with Crippen molar-refractivity contribution >= 4 is 35.2 Å². The van der Waals surface area contributed by atoms with Crippen LogP contribution in [-0.2, 0) is 0 Å². The Morgan fingerprint density at radius 3 is 1.56 bits per heavy atom. The third-order valence-electron chi connectivity index (χ3n) is 12.4. The second-order valence-corrected chi connectivity index (χ2v) is 15.9. The van der Waals surface area contributed by atoms with Crippen molar-refractivity contribution in [3.05, 3.63) is 222 Å². The van der Waals surface area contributed by atoms with Crippen LogP contribution in [0.1, 0.15) is 27.9 Å². The second kappa shape index (κ2) is 14.3. The van der Waals surface area contributed by atoms with Crippen LogP contribution in [0, 0.1) is 6.92 Å². The first-order chi connectivity index (χ1) is 29.9. The molecule has 0 N–H and O–H groups in total. The highest BCUT2D eigenvalue weighted by Gasteiger charge is 2.56. The minimum absolute atomic E-state index is 0.421. The minimum Gasteiger partial charge on any atom is -0.496 e. The number of aromatic nitrogens is 1. The highest BCUT2D eigenvalue weighted by molar-refractivity contribution is 6.61. The number of fused-ring (bicyclic) bond motifs is 6. The summed E-state index contributed by atoms with van der Waals surface area (Å²) in [5.74, 6) is 0.527. The van der Waals surface area contributed by atoms with E-state index in [9.17, 15) is 0 Å². The molecule has 8 aromatic carbocycles. The van der Waals surface area contributed by atoms with E-state index in [4.69, 9.17) is 4.74 Å². The van der Waals surface area contributed by atoms with Crippen LogP contribution in [-0.4, -0.2) is 28.8 Å². The molecule has 0 amide bonds. The number of ether oxygens (including phenoxy) is 1. The maximum atomic E-state index is 18.5. The van der Waals surface area contributed by atoms with Gasteiger partial charge in [-0.1, -0.05) is 164 Å². The van der Waals surface area contributed by atoms with Gasteiger partial charge in [0.05, 0.1) is 23.8 Å². The predicted octanol–water partition coefficient (Wildman–Crippen LogP) is 13.9. The number of hydrogen-bond acceptors (Lipinski definition) is 1. The van der Waals surface area contributed by atoms with E-state index in [0.717, 1.165) is 77.5 Å². The number of benzene rings is 8. The van der Waals surface area contributed by atoms with Gasteiger partial charge in [-0.25, -0.2) is 0 Å². The number of halogens is 2. The summed E-state index contributed by atoms with van der Waals surface area (Å²) in [4.78, 5) is 0. The summed E-state index contributed by atoms with van der Waals surface area (Å²) in [5.41, 5.74) is 14.1. The summed E-state index contributed by atoms with van der Waals surface area (Å²) >= 11 is 0. The molecule has 0 radical (unpaired) electrons. The molecule has 3 nitrogen and oxygen atoms in total. The molecule has 292 valence electrons. The van der Waals surface area contributed by atoms with Gasteiger partial charge in [-0.05, 0) is 92.9 Å². The largest absolute Gasteiger partial charge is 0.737 e. The van der Waals surface area contributed by atoms with Crippen molar-refractivity contribution in [2.45, 2.75) is 6.92 Å². The Labute approximate surface area is 353 Å². The second-order valence-electron chi connectivity index (χ2n) is 15.9. The maximum absolute atomic E-state index is 18.5. The van der Waals surface area contributed by atoms with Gasteiger partial charge in [0.25, 0.3) is 0 Å². The number of aryl methyl sites for hydroxylation is 1. The summed E-state index contributed by atoms with van der Waals surface area (Å²) in [6.07, 6.45) is 1.97. The van der Waals surface area contributed by atoms with E-state index < -0.39 is 6.97 Å². The molecule has 0 saturated heterocycles. The van der Waals surface area contributed by atoms with Gasteiger partial charge < -0.3 is 22.3 Å². The van der Waals surface area contributed by atoms with E-state index >= 15 is 8.63 Å². The molecule has 0 fully saturated rings. The monoisotopic (exact) mass is 792 g/mol. The Hall–Kier alpha value is -7.57. The highest BCUT2D eigenvalue weighted by Crippen LogP contribution is 2.49. The van der Waals surface area contributed by atoms with Crippen molar-refractivity contribution < 1.29 is 17.9 Å². The van der Waals surface area contributed by atoms with Gasteiger partial charge in [-0.2, -0.15) is 0 Å². The van der Waals surface area contributed by atoms with Crippen LogP contribution in [0.5, 0.6) is 5.75 Å². The Morgan fingerprint density at radius 1 is 0.459 bits per heavy atom. The Morgan fingerprint density at radius 2 is 0.951 bits per heavy atom. The first kappa shape index (κ1) is 36.5. The zero-order chi connectivity index (χ0) is 41.2. The summed E-state index contributed by atoms with van der Waals surface area (Å²) in [7, 11) is 1.59. The van der Waals surface area contributed by atoms with Gasteiger partial charge >= 0.3 is 6.97 Å². The number of methoxy groups -OCH3 is 1. The molecule has 9 aromatic rings. The Kier molecular flexibility index (Phi) is 8.57. The molecule has 6 heteroatoms. The molecule has 3 heterocycles. The molecule has 11 rings (SSSR count). The predicted molar refractivity (Wildman–Crippen MR) is 248 cm³/mol. The molecule has 0 unspecified atom stereocenters. The van der Waals surface area contributed by atoms with E-state index in [2.05, 4.69) is 91.0 Å². The first-order valence-corrected chi connectivity index (χ1v) is 20.6. The molecule has 0 bridgehead atoms. The van der Waals surface area contributed by atoms with Crippen molar-refractivity contribution in [1.29, 1.82) is 0 Å². The maximum Gasteiger partial charge on any atom is 0.737 e. The van der Waals surface area contributed by atoms with Gasteiger partial charge in [0, 0.05) is 28.2 Å². The third-order valence-corrected chi connectivity index (χ3v) is 12.4. The molecule has 0 atom stereocenters. The summed E-state index contributed by atoms with van der Waals surface area (Å²) in [5, 5.41) is 1.56. The van der Waals surface area contributed by atoms with Crippen LogP contribution in [0.15, 0.2) is 194 Å². The van der Waals surface area contributed by atoms with Gasteiger partial charge in [0.15, 0.2) is 11.4 Å². The van der Waals surface area contributed by atoms with E-state index in [1.54, 1.807) is 7.11 Å². The average Bonchev–Trinajstić information content (AvgIpc) is 3.83. The van der Waals surface area contributed by atoms with E-state index in [1.165, 1.54) is 8.96 Å². The fourth-order valence-electron chi connectivity index (χ4n) is 9.43. The normalized spacial score (nSPS) is 13.7. The summed E-state index contributed by atoms with van der Waals surface area (Å²) in [6.45, 7) is -2.49. The van der Waals surface area contributed by atoms with Gasteiger partial charge in [0.2, 0.25) is 0 Å². The zero-order valence-corrected chi connectivity index (χ0v) is 33.7. The lowest BCUT2D eigenvalue weighted by Crippen LogP contribution is -2.50. The van der Waals surface area contributed by atoms with E-state index in [1.807, 2.05) is 116 Å². The zero-order valence-electron chi connectivity index (χ0n) is 33.7. The van der Waals surface area contributed by atoms with Crippen LogP contribution < -0.4 is 4.74 Å². The highest BCUT2D eigenvalue weighted by atomic mass is 19.2. The molecule has 61 heavy (non-hydrogen) atoms. The van der Waals surface area contributed by atoms with Crippen molar-refractivity contribution in [2.24, 2.45) is 0 Å². The Bertz CT molecular complexity index is 3240. The Balaban J connectivity index is 1.13. The molecule has 1 aromatic heterocycles. The summed E-state index contributed by atoms with van der Waals surface area (Å²) < 4.78 is 45.5. The van der Waals surface area contributed by atoms with E-state index in [0.29, 0.717) is 34.1 Å². The van der Waals surface area contributed by atoms with Crippen molar-refractivity contribution in [1.82, 2.24) is 4.48 Å². The van der Waals surface area contributed by atoms with Crippen LogP contribution in [0.3, 0.4) is 0 Å². The lowest BCUT2D eigenvalue weighted by Gasteiger charge is -2.31.